The summed E-state index contributed by atoms with van der Waals surface area (Å²) in [6.45, 7) is 5.78. The molecule has 21 heavy (non-hydrogen) atoms. The molecule has 1 aliphatic carbocycles. The first kappa shape index (κ1) is 13.3. The van der Waals surface area contributed by atoms with Gasteiger partial charge in [-0.05, 0) is 80.8 Å². The number of aryl methyl sites for hydroxylation is 2. The number of fused-ring (bicyclic) bond motifs is 2. The first-order chi connectivity index (χ1) is 10.3. The molecule has 1 aliphatic heterocycles. The van der Waals surface area contributed by atoms with E-state index < -0.39 is 0 Å². The number of likely N-dealkylation sites (tertiary alicyclic amines) is 1. The fourth-order valence-electron chi connectivity index (χ4n) is 3.80. The van der Waals surface area contributed by atoms with E-state index in [1.807, 2.05) is 0 Å². The van der Waals surface area contributed by atoms with Crippen molar-refractivity contribution in [2.45, 2.75) is 52.0 Å². The molecule has 3 nitrogen and oxygen atoms in total. The number of nitrogens with zero attached hydrogens (tertiary/aromatic N) is 2. The molecule has 2 aliphatic rings. The minimum Gasteiger partial charge on any atom is -0.341 e. The van der Waals surface area contributed by atoms with Crippen molar-refractivity contribution in [3.05, 3.63) is 29.1 Å². The van der Waals surface area contributed by atoms with Crippen LogP contribution in [0.3, 0.4) is 0 Å². The molecule has 4 rings (SSSR count). The average Bonchev–Trinajstić information content (AvgIpc) is 2.88. The molecule has 0 bridgehead atoms. The Morgan fingerprint density at radius 1 is 1.14 bits per heavy atom. The molecule has 0 spiro atoms. The Bertz CT molecular complexity index is 592. The van der Waals surface area contributed by atoms with E-state index in [1.54, 1.807) is 0 Å². The highest BCUT2D eigenvalue weighted by Gasteiger charge is 2.18. The van der Waals surface area contributed by atoms with Crippen molar-refractivity contribution in [1.82, 2.24) is 14.9 Å². The van der Waals surface area contributed by atoms with Crippen LogP contribution in [-0.2, 0) is 19.4 Å². The van der Waals surface area contributed by atoms with E-state index in [4.69, 9.17) is 4.98 Å². The van der Waals surface area contributed by atoms with Crippen LogP contribution in [0.5, 0.6) is 0 Å². The lowest BCUT2D eigenvalue weighted by atomic mass is 9.91. The minimum absolute atomic E-state index is 0.892. The van der Waals surface area contributed by atoms with Gasteiger partial charge in [-0.25, -0.2) is 4.98 Å². The van der Waals surface area contributed by atoms with E-state index in [9.17, 15) is 0 Å². The van der Waals surface area contributed by atoms with Crippen LogP contribution in [0.4, 0.5) is 0 Å². The molecular weight excluding hydrogens is 258 g/mol. The average molecular weight is 283 g/mol. The van der Waals surface area contributed by atoms with E-state index in [0.717, 1.165) is 23.8 Å². The van der Waals surface area contributed by atoms with Crippen molar-refractivity contribution in [1.29, 1.82) is 0 Å². The molecule has 112 valence electrons. The highest BCUT2D eigenvalue weighted by molar-refractivity contribution is 5.77. The number of H-pyrrole nitrogens is 1. The summed E-state index contributed by atoms with van der Waals surface area (Å²) in [5.41, 5.74) is 5.46. The number of nitrogens with one attached hydrogen (secondary N) is 1. The van der Waals surface area contributed by atoms with Crippen LogP contribution in [0.15, 0.2) is 12.1 Å². The van der Waals surface area contributed by atoms with Crippen LogP contribution in [0.2, 0.25) is 0 Å². The summed E-state index contributed by atoms with van der Waals surface area (Å²) in [6, 6.07) is 4.67. The monoisotopic (exact) mass is 283 g/mol. The maximum Gasteiger partial charge on any atom is 0.121 e. The number of hydrogen-bond acceptors (Lipinski definition) is 2. The summed E-state index contributed by atoms with van der Waals surface area (Å²) in [4.78, 5) is 10.9. The fraction of sp³-hybridized carbons (Fsp3) is 0.611. The summed E-state index contributed by atoms with van der Waals surface area (Å²) < 4.78 is 0. The molecule has 3 heteroatoms. The zero-order chi connectivity index (χ0) is 14.2. The van der Waals surface area contributed by atoms with Gasteiger partial charge in [0.15, 0.2) is 0 Å². The molecule has 2 heterocycles. The van der Waals surface area contributed by atoms with Gasteiger partial charge >= 0.3 is 0 Å². The molecule has 0 radical (unpaired) electrons. The largest absolute Gasteiger partial charge is 0.341 e. The second-order valence-corrected chi connectivity index (χ2v) is 6.99. The lowest BCUT2D eigenvalue weighted by Crippen LogP contribution is -2.32. The van der Waals surface area contributed by atoms with Gasteiger partial charge in [-0.2, -0.15) is 0 Å². The maximum atomic E-state index is 4.84. The summed E-state index contributed by atoms with van der Waals surface area (Å²) in [5, 5.41) is 0. The first-order valence-electron chi connectivity index (χ1n) is 8.51. The molecular formula is C18H25N3. The van der Waals surface area contributed by atoms with Crippen LogP contribution in [0, 0.1) is 5.92 Å². The van der Waals surface area contributed by atoms with Crippen molar-refractivity contribution in [3.63, 3.8) is 0 Å². The van der Waals surface area contributed by atoms with Gasteiger partial charge in [-0.15, -0.1) is 0 Å². The predicted octanol–water partition coefficient (Wildman–Crippen LogP) is 3.67. The lowest BCUT2D eigenvalue weighted by Gasteiger charge is -2.29. The summed E-state index contributed by atoms with van der Waals surface area (Å²) in [7, 11) is 0. The molecule has 0 atom stereocenters. The second kappa shape index (κ2) is 5.45. The van der Waals surface area contributed by atoms with Gasteiger partial charge in [0.2, 0.25) is 0 Å². The Kier molecular flexibility index (Phi) is 3.46. The highest BCUT2D eigenvalue weighted by Crippen LogP contribution is 2.26. The first-order valence-corrected chi connectivity index (χ1v) is 8.51. The fourth-order valence-corrected chi connectivity index (χ4v) is 3.80. The smallest absolute Gasteiger partial charge is 0.121 e. The van der Waals surface area contributed by atoms with E-state index in [2.05, 4.69) is 28.9 Å². The SMILES string of the molecule is CC1CCN(Cc2nc3cc4c(cc3[nH]2)CCCC4)CC1. The number of imidazole rings is 1. The van der Waals surface area contributed by atoms with Crippen molar-refractivity contribution in [2.24, 2.45) is 5.92 Å². The van der Waals surface area contributed by atoms with E-state index in [0.29, 0.717) is 0 Å². The van der Waals surface area contributed by atoms with Gasteiger partial charge in [-0.3, -0.25) is 4.90 Å². The zero-order valence-corrected chi connectivity index (χ0v) is 13.0. The van der Waals surface area contributed by atoms with Crippen molar-refractivity contribution in [2.75, 3.05) is 13.1 Å². The van der Waals surface area contributed by atoms with Gasteiger partial charge in [0.05, 0.1) is 17.6 Å². The summed E-state index contributed by atoms with van der Waals surface area (Å²) in [5.74, 6) is 2.03. The van der Waals surface area contributed by atoms with Crippen LogP contribution in [0.25, 0.3) is 11.0 Å². The molecule has 0 saturated carbocycles. The summed E-state index contributed by atoms with van der Waals surface area (Å²) >= 11 is 0. The summed E-state index contributed by atoms with van der Waals surface area (Å²) in [6.07, 6.45) is 7.80. The van der Waals surface area contributed by atoms with Crippen LogP contribution in [0.1, 0.15) is 49.6 Å². The quantitative estimate of drug-likeness (QED) is 0.912. The number of aromatic amines is 1. The lowest BCUT2D eigenvalue weighted by molar-refractivity contribution is 0.182. The van der Waals surface area contributed by atoms with Gasteiger partial charge in [0.25, 0.3) is 0 Å². The van der Waals surface area contributed by atoms with Gasteiger partial charge in [-0.1, -0.05) is 6.92 Å². The van der Waals surface area contributed by atoms with Crippen LogP contribution < -0.4 is 0 Å². The molecule has 1 aromatic carbocycles. The molecule has 2 aromatic rings. The highest BCUT2D eigenvalue weighted by atomic mass is 15.2. The van der Waals surface area contributed by atoms with Gasteiger partial charge in [0, 0.05) is 0 Å². The predicted molar refractivity (Wildman–Crippen MR) is 86.4 cm³/mol. The van der Waals surface area contributed by atoms with Gasteiger partial charge < -0.3 is 4.98 Å². The second-order valence-electron chi connectivity index (χ2n) is 6.99. The Hall–Kier alpha value is -1.35. The van der Waals surface area contributed by atoms with Crippen LogP contribution in [-0.4, -0.2) is 28.0 Å². The topological polar surface area (TPSA) is 31.9 Å². The van der Waals surface area contributed by atoms with Crippen molar-refractivity contribution < 1.29 is 0 Å². The third-order valence-corrected chi connectivity index (χ3v) is 5.24. The number of aromatic nitrogens is 2. The minimum atomic E-state index is 0.892. The number of benzene rings is 1. The van der Waals surface area contributed by atoms with E-state index in [-0.39, 0.29) is 0 Å². The standard InChI is InChI=1S/C18H25N3/c1-13-6-8-21(9-7-13)12-18-19-16-10-14-4-2-3-5-15(14)11-17(16)20-18/h10-11,13H,2-9,12H2,1H3,(H,19,20). The van der Waals surface area contributed by atoms with Crippen molar-refractivity contribution in [3.8, 4) is 0 Å². The number of rotatable bonds is 2. The van der Waals surface area contributed by atoms with E-state index >= 15 is 0 Å². The molecule has 0 unspecified atom stereocenters. The van der Waals surface area contributed by atoms with Gasteiger partial charge in [0.1, 0.15) is 5.82 Å². The molecule has 1 fully saturated rings. The van der Waals surface area contributed by atoms with E-state index in [1.165, 1.54) is 68.3 Å². The third-order valence-electron chi connectivity index (χ3n) is 5.24. The Morgan fingerprint density at radius 3 is 2.62 bits per heavy atom. The Balaban J connectivity index is 1.56. The zero-order valence-electron chi connectivity index (χ0n) is 13.0. The number of piperidine rings is 1. The molecule has 1 N–H and O–H groups in total. The van der Waals surface area contributed by atoms with Crippen molar-refractivity contribution >= 4 is 11.0 Å². The normalized spacial score (nSPS) is 20.8. The van der Waals surface area contributed by atoms with Crippen LogP contribution >= 0.6 is 0 Å². The molecule has 0 amide bonds. The Labute approximate surface area is 126 Å². The third kappa shape index (κ3) is 2.71. The maximum absolute atomic E-state index is 4.84. The molecule has 1 saturated heterocycles. The Morgan fingerprint density at radius 2 is 1.86 bits per heavy atom. The number of hydrogen-bond donors (Lipinski definition) is 1. The molecule has 1 aromatic heterocycles.